The number of carbonyl (C=O) groups is 1. The van der Waals surface area contributed by atoms with Crippen molar-refractivity contribution in [2.24, 2.45) is 5.41 Å². The van der Waals surface area contributed by atoms with E-state index in [4.69, 9.17) is 4.98 Å². The van der Waals surface area contributed by atoms with E-state index in [-0.39, 0.29) is 17.4 Å². The molecule has 2 aromatic rings. The number of fused-ring (bicyclic) bond motifs is 1. The number of piperidine rings is 1. The molecule has 5 heteroatoms. The summed E-state index contributed by atoms with van der Waals surface area (Å²) in [6, 6.07) is 4.12. The highest BCUT2D eigenvalue weighted by Gasteiger charge is 2.35. The Morgan fingerprint density at radius 2 is 2.13 bits per heavy atom. The molecular weight excluding hydrogens is 288 g/mol. The second kappa shape index (κ2) is 5.87. The lowest BCUT2D eigenvalue weighted by atomic mass is 9.90. The number of amides is 1. The van der Waals surface area contributed by atoms with Crippen molar-refractivity contribution in [3.63, 3.8) is 0 Å². The zero-order chi connectivity index (χ0) is 16.6. The van der Waals surface area contributed by atoms with E-state index in [2.05, 4.69) is 15.9 Å². The standard InChI is InChI=1S/C18H26N4O/c1-18(2,3)17(23)22-11-6-5-8-14(22)13-12-21-10-7-9-15(21)16(19-4)20-13/h7,9-10,12,14H,5-6,8,11H2,1-4H3,(H,19,20)/t14-/m1/s1. The first-order chi connectivity index (χ1) is 10.9. The Labute approximate surface area is 137 Å². The van der Waals surface area contributed by atoms with Crippen LogP contribution in [0.4, 0.5) is 5.82 Å². The van der Waals surface area contributed by atoms with Crippen molar-refractivity contribution in [1.82, 2.24) is 14.3 Å². The van der Waals surface area contributed by atoms with Gasteiger partial charge in [-0.1, -0.05) is 20.8 Å². The predicted molar refractivity (Wildman–Crippen MR) is 92.5 cm³/mol. The summed E-state index contributed by atoms with van der Waals surface area (Å²) in [7, 11) is 1.89. The second-order valence-corrected chi connectivity index (χ2v) is 7.33. The highest BCUT2D eigenvalue weighted by atomic mass is 16.2. The predicted octanol–water partition coefficient (Wildman–Crippen LogP) is 3.48. The topological polar surface area (TPSA) is 49.6 Å². The molecule has 1 aliphatic rings. The minimum atomic E-state index is -0.362. The number of nitrogens with zero attached hydrogens (tertiary/aromatic N) is 3. The molecule has 1 N–H and O–H groups in total. The second-order valence-electron chi connectivity index (χ2n) is 7.33. The number of carbonyl (C=O) groups excluding carboxylic acids is 1. The highest BCUT2D eigenvalue weighted by Crippen LogP contribution is 2.34. The molecule has 0 bridgehead atoms. The maximum absolute atomic E-state index is 12.8. The maximum atomic E-state index is 12.8. The molecule has 0 spiro atoms. The average molecular weight is 314 g/mol. The van der Waals surface area contributed by atoms with Crippen LogP contribution in [0.5, 0.6) is 0 Å². The van der Waals surface area contributed by atoms with Gasteiger partial charge in [0.2, 0.25) is 5.91 Å². The molecule has 2 aromatic heterocycles. The first kappa shape index (κ1) is 15.8. The van der Waals surface area contributed by atoms with Crippen molar-refractivity contribution in [3.05, 3.63) is 30.2 Å². The molecule has 5 nitrogen and oxygen atoms in total. The van der Waals surface area contributed by atoms with Crippen molar-refractivity contribution in [2.45, 2.75) is 46.1 Å². The van der Waals surface area contributed by atoms with E-state index in [9.17, 15) is 4.79 Å². The fourth-order valence-corrected chi connectivity index (χ4v) is 3.32. The summed E-state index contributed by atoms with van der Waals surface area (Å²) < 4.78 is 2.09. The number of hydrogen-bond donors (Lipinski definition) is 1. The molecule has 3 rings (SSSR count). The van der Waals surface area contributed by atoms with Crippen molar-refractivity contribution < 1.29 is 4.79 Å². The molecule has 3 heterocycles. The van der Waals surface area contributed by atoms with Crippen LogP contribution < -0.4 is 5.32 Å². The Morgan fingerprint density at radius 3 is 2.83 bits per heavy atom. The van der Waals surface area contributed by atoms with Gasteiger partial charge in [0.25, 0.3) is 0 Å². The third-order valence-electron chi connectivity index (χ3n) is 4.52. The largest absolute Gasteiger partial charge is 0.371 e. The summed E-state index contributed by atoms with van der Waals surface area (Å²) in [4.78, 5) is 19.7. The summed E-state index contributed by atoms with van der Waals surface area (Å²) in [5.74, 6) is 1.07. The van der Waals surface area contributed by atoms with Gasteiger partial charge in [0, 0.05) is 31.4 Å². The molecule has 1 atom stereocenters. The van der Waals surface area contributed by atoms with E-state index in [1.54, 1.807) is 0 Å². The first-order valence-corrected chi connectivity index (χ1v) is 8.38. The van der Waals surface area contributed by atoms with Crippen LogP contribution >= 0.6 is 0 Å². The smallest absolute Gasteiger partial charge is 0.228 e. The van der Waals surface area contributed by atoms with Gasteiger partial charge >= 0.3 is 0 Å². The minimum Gasteiger partial charge on any atom is -0.371 e. The van der Waals surface area contributed by atoms with Crippen LogP contribution in [0.1, 0.15) is 51.8 Å². The third kappa shape index (κ3) is 2.92. The molecule has 0 saturated carbocycles. The number of aromatic nitrogens is 2. The minimum absolute atomic E-state index is 0.0642. The number of anilines is 1. The van der Waals surface area contributed by atoms with Gasteiger partial charge in [0.1, 0.15) is 5.82 Å². The van der Waals surface area contributed by atoms with Gasteiger partial charge < -0.3 is 14.6 Å². The fourth-order valence-electron chi connectivity index (χ4n) is 3.32. The van der Waals surface area contributed by atoms with E-state index in [1.165, 1.54) is 0 Å². The van der Waals surface area contributed by atoms with Gasteiger partial charge in [0.05, 0.1) is 17.3 Å². The van der Waals surface area contributed by atoms with E-state index < -0.39 is 0 Å². The van der Waals surface area contributed by atoms with Gasteiger partial charge in [-0.25, -0.2) is 4.98 Å². The monoisotopic (exact) mass is 314 g/mol. The van der Waals surface area contributed by atoms with Crippen LogP contribution in [0.25, 0.3) is 5.52 Å². The lowest BCUT2D eigenvalue weighted by molar-refractivity contribution is -0.143. The maximum Gasteiger partial charge on any atom is 0.228 e. The number of hydrogen-bond acceptors (Lipinski definition) is 3. The molecule has 0 unspecified atom stereocenters. The van der Waals surface area contributed by atoms with Crippen LogP contribution in [0.15, 0.2) is 24.5 Å². The van der Waals surface area contributed by atoms with Gasteiger partial charge in [-0.05, 0) is 31.4 Å². The van der Waals surface area contributed by atoms with Gasteiger partial charge in [0.15, 0.2) is 0 Å². The van der Waals surface area contributed by atoms with Crippen LogP contribution in [-0.4, -0.2) is 33.8 Å². The molecule has 0 aliphatic carbocycles. The third-order valence-corrected chi connectivity index (χ3v) is 4.52. The van der Waals surface area contributed by atoms with Gasteiger partial charge in [-0.3, -0.25) is 4.79 Å². The highest BCUT2D eigenvalue weighted by molar-refractivity contribution is 5.82. The molecule has 23 heavy (non-hydrogen) atoms. The molecule has 0 radical (unpaired) electrons. The molecule has 124 valence electrons. The Bertz CT molecular complexity index is 713. The lowest BCUT2D eigenvalue weighted by Gasteiger charge is -2.39. The SMILES string of the molecule is CNc1nc([C@H]2CCCCN2C(=O)C(C)(C)C)cn2cccc12. The molecule has 1 amide bonds. The van der Waals surface area contributed by atoms with Gasteiger partial charge in [-0.2, -0.15) is 0 Å². The van der Waals surface area contributed by atoms with Crippen LogP contribution in [0, 0.1) is 5.41 Å². The molecular formula is C18H26N4O. The summed E-state index contributed by atoms with van der Waals surface area (Å²) in [6.07, 6.45) is 7.28. The number of rotatable bonds is 2. The van der Waals surface area contributed by atoms with Crippen molar-refractivity contribution in [2.75, 3.05) is 18.9 Å². The normalized spacial score (nSPS) is 19.1. The zero-order valence-corrected chi connectivity index (χ0v) is 14.5. The summed E-state index contributed by atoms with van der Waals surface area (Å²) in [6.45, 7) is 6.79. The quantitative estimate of drug-likeness (QED) is 0.923. The van der Waals surface area contributed by atoms with E-state index >= 15 is 0 Å². The molecule has 1 fully saturated rings. The zero-order valence-electron chi connectivity index (χ0n) is 14.5. The van der Waals surface area contributed by atoms with E-state index in [0.717, 1.165) is 42.8 Å². The Hall–Kier alpha value is -2.04. The Morgan fingerprint density at radius 1 is 1.35 bits per heavy atom. The Balaban J connectivity index is 2.02. The van der Waals surface area contributed by atoms with Crippen molar-refractivity contribution in [1.29, 1.82) is 0 Å². The number of nitrogens with one attached hydrogen (secondary N) is 1. The van der Waals surface area contributed by atoms with Crippen LogP contribution in [0.2, 0.25) is 0 Å². The first-order valence-electron chi connectivity index (χ1n) is 8.38. The summed E-state index contributed by atoms with van der Waals surface area (Å²) in [5, 5.41) is 3.17. The van der Waals surface area contributed by atoms with E-state index in [1.807, 2.05) is 51.0 Å². The summed E-state index contributed by atoms with van der Waals surface area (Å²) >= 11 is 0. The van der Waals surface area contributed by atoms with Crippen molar-refractivity contribution >= 4 is 17.2 Å². The summed E-state index contributed by atoms with van der Waals surface area (Å²) in [5.41, 5.74) is 1.66. The van der Waals surface area contributed by atoms with Crippen molar-refractivity contribution in [3.8, 4) is 0 Å². The lowest BCUT2D eigenvalue weighted by Crippen LogP contribution is -2.44. The number of likely N-dealkylation sites (tertiary alicyclic amines) is 1. The fraction of sp³-hybridized carbons (Fsp3) is 0.556. The average Bonchev–Trinajstić information content (AvgIpc) is 3.00. The molecule has 1 aliphatic heterocycles. The molecule has 1 saturated heterocycles. The Kier molecular flexibility index (Phi) is 4.04. The van der Waals surface area contributed by atoms with Crippen LogP contribution in [-0.2, 0) is 4.79 Å². The molecule has 0 aromatic carbocycles. The van der Waals surface area contributed by atoms with Gasteiger partial charge in [-0.15, -0.1) is 0 Å². The van der Waals surface area contributed by atoms with Crippen LogP contribution in [0.3, 0.4) is 0 Å². The van der Waals surface area contributed by atoms with E-state index in [0.29, 0.717) is 0 Å².